The van der Waals surface area contributed by atoms with Gasteiger partial charge in [-0.05, 0) is 131 Å². The van der Waals surface area contributed by atoms with E-state index in [0.29, 0.717) is 22.7 Å². The second-order valence-corrected chi connectivity index (χ2v) is 13.8. The molecule has 4 saturated carbocycles. The SMILES string of the molecule is CC[C@@]1(O)C[C@@H]2CC[C@@H]3[C@H](CC[C@]4(C)[C@@H]([C@H](C)CCC(C)(C)O)CC[C@@H]34)[C@@]2(C)C[C@@H]1OC. The third kappa shape index (κ3) is 4.01. The molecule has 0 aromatic rings. The molecule has 0 radical (unpaired) electrons. The first kappa shape index (κ1) is 25.0. The average Bonchev–Trinajstić information content (AvgIpc) is 3.09. The van der Waals surface area contributed by atoms with Crippen molar-refractivity contribution in [1.29, 1.82) is 0 Å². The van der Waals surface area contributed by atoms with Gasteiger partial charge in [0, 0.05) is 7.11 Å². The molecule has 0 saturated heterocycles. The first-order chi connectivity index (χ1) is 14.9. The van der Waals surface area contributed by atoms with Gasteiger partial charge in [-0.2, -0.15) is 0 Å². The molecule has 186 valence electrons. The predicted molar refractivity (Wildman–Crippen MR) is 131 cm³/mol. The van der Waals surface area contributed by atoms with Crippen molar-refractivity contribution in [3.8, 4) is 0 Å². The predicted octanol–water partition coefficient (Wildman–Crippen LogP) is 6.60. The highest BCUT2D eigenvalue weighted by Gasteiger charge is 2.63. The quantitative estimate of drug-likeness (QED) is 0.481. The van der Waals surface area contributed by atoms with E-state index in [-0.39, 0.29) is 6.10 Å². The molecule has 2 N–H and O–H groups in total. The lowest BCUT2D eigenvalue weighted by molar-refractivity contribution is -0.205. The first-order valence-electron chi connectivity index (χ1n) is 13.9. The summed E-state index contributed by atoms with van der Waals surface area (Å²) in [7, 11) is 1.81. The fourth-order valence-corrected chi connectivity index (χ4v) is 9.77. The second-order valence-electron chi connectivity index (χ2n) is 13.8. The molecule has 4 aliphatic carbocycles. The van der Waals surface area contributed by atoms with E-state index >= 15 is 0 Å². The monoisotopic (exact) mass is 448 g/mol. The minimum absolute atomic E-state index is 0.0148. The van der Waals surface area contributed by atoms with Gasteiger partial charge in [-0.25, -0.2) is 0 Å². The van der Waals surface area contributed by atoms with Gasteiger partial charge in [-0.1, -0.05) is 27.7 Å². The summed E-state index contributed by atoms with van der Waals surface area (Å²) in [6, 6.07) is 0. The molecule has 4 aliphatic rings. The minimum atomic E-state index is -0.636. The standard InChI is InChI=1S/C29H52O3/c1-8-29(31)17-20-9-10-21-23-12-11-22(19(2)13-15-26(3,4)30)27(23,5)16-14-24(21)28(20,6)18-25(29)32-7/h19-25,30-31H,8-18H2,1-7H3/t19-,20+,21+,22-,23+,24+,25+,27-,28+,29-/m1/s1. The lowest BCUT2D eigenvalue weighted by atomic mass is 9.43. The van der Waals surface area contributed by atoms with E-state index in [2.05, 4.69) is 27.7 Å². The maximum absolute atomic E-state index is 11.3. The summed E-state index contributed by atoms with van der Waals surface area (Å²) in [5.74, 6) is 4.67. The second kappa shape index (κ2) is 8.52. The van der Waals surface area contributed by atoms with Crippen molar-refractivity contribution >= 4 is 0 Å². The van der Waals surface area contributed by atoms with Crippen LogP contribution in [0.2, 0.25) is 0 Å². The van der Waals surface area contributed by atoms with Crippen LogP contribution in [0, 0.1) is 46.3 Å². The van der Waals surface area contributed by atoms with E-state index in [1.807, 2.05) is 21.0 Å². The molecule has 0 spiro atoms. The molecule has 4 fully saturated rings. The number of ether oxygens (including phenoxy) is 1. The summed E-state index contributed by atoms with van der Waals surface area (Å²) in [5.41, 5.74) is -0.389. The summed E-state index contributed by atoms with van der Waals surface area (Å²) in [6.07, 6.45) is 13.0. The van der Waals surface area contributed by atoms with Crippen molar-refractivity contribution in [2.75, 3.05) is 7.11 Å². The van der Waals surface area contributed by atoms with Gasteiger partial charge >= 0.3 is 0 Å². The molecule has 3 heteroatoms. The third-order valence-electron chi connectivity index (χ3n) is 11.8. The van der Waals surface area contributed by atoms with Crippen molar-refractivity contribution in [3.63, 3.8) is 0 Å². The maximum atomic E-state index is 11.3. The van der Waals surface area contributed by atoms with E-state index in [0.717, 1.165) is 55.8 Å². The first-order valence-corrected chi connectivity index (χ1v) is 13.9. The normalized spacial score (nSPS) is 49.8. The van der Waals surface area contributed by atoms with Gasteiger partial charge in [0.1, 0.15) is 0 Å². The molecule has 3 nitrogen and oxygen atoms in total. The Morgan fingerprint density at radius 2 is 1.69 bits per heavy atom. The van der Waals surface area contributed by atoms with E-state index in [1.54, 1.807) is 0 Å². The molecule has 4 rings (SSSR count). The van der Waals surface area contributed by atoms with Crippen LogP contribution in [0.25, 0.3) is 0 Å². The van der Waals surface area contributed by atoms with Gasteiger partial charge in [0.25, 0.3) is 0 Å². The zero-order valence-electron chi connectivity index (χ0n) is 22.1. The largest absolute Gasteiger partial charge is 0.390 e. The highest BCUT2D eigenvalue weighted by atomic mass is 16.5. The van der Waals surface area contributed by atoms with Gasteiger partial charge in [-0.15, -0.1) is 0 Å². The zero-order valence-corrected chi connectivity index (χ0v) is 22.1. The lowest BCUT2D eigenvalue weighted by Gasteiger charge is -2.63. The van der Waals surface area contributed by atoms with Gasteiger partial charge in [0.15, 0.2) is 0 Å². The van der Waals surface area contributed by atoms with Gasteiger partial charge in [-0.3, -0.25) is 0 Å². The molecule has 32 heavy (non-hydrogen) atoms. The summed E-state index contributed by atoms with van der Waals surface area (Å²) in [6.45, 7) is 13.7. The van der Waals surface area contributed by atoms with Crippen molar-refractivity contribution in [3.05, 3.63) is 0 Å². The number of aliphatic hydroxyl groups is 2. The van der Waals surface area contributed by atoms with Gasteiger partial charge in [0.05, 0.1) is 17.3 Å². The third-order valence-corrected chi connectivity index (χ3v) is 11.8. The fraction of sp³-hybridized carbons (Fsp3) is 1.00. The number of rotatable bonds is 6. The molecule has 0 amide bonds. The molecule has 0 aliphatic heterocycles. The van der Waals surface area contributed by atoms with Crippen molar-refractivity contribution < 1.29 is 14.9 Å². The van der Waals surface area contributed by atoms with Crippen LogP contribution in [0.5, 0.6) is 0 Å². The van der Waals surface area contributed by atoms with E-state index in [1.165, 1.54) is 38.5 Å². The summed E-state index contributed by atoms with van der Waals surface area (Å²) in [5, 5.41) is 21.6. The van der Waals surface area contributed by atoms with Gasteiger partial charge < -0.3 is 14.9 Å². The molecule has 0 bridgehead atoms. The Kier molecular flexibility index (Phi) is 6.65. The van der Waals surface area contributed by atoms with Crippen LogP contribution in [-0.4, -0.2) is 34.6 Å². The number of hydrogen-bond donors (Lipinski definition) is 2. The van der Waals surface area contributed by atoms with E-state index in [9.17, 15) is 10.2 Å². The van der Waals surface area contributed by atoms with Crippen LogP contribution < -0.4 is 0 Å². The smallest absolute Gasteiger partial charge is 0.0908 e. The molecule has 0 heterocycles. The average molecular weight is 449 g/mol. The minimum Gasteiger partial charge on any atom is -0.390 e. The van der Waals surface area contributed by atoms with Crippen LogP contribution in [0.4, 0.5) is 0 Å². The van der Waals surface area contributed by atoms with Crippen LogP contribution >= 0.6 is 0 Å². The molecular formula is C29H52O3. The highest BCUT2D eigenvalue weighted by Crippen LogP contribution is 2.69. The maximum Gasteiger partial charge on any atom is 0.0908 e. The van der Waals surface area contributed by atoms with E-state index in [4.69, 9.17) is 4.74 Å². The van der Waals surface area contributed by atoms with Crippen LogP contribution in [0.1, 0.15) is 112 Å². The van der Waals surface area contributed by atoms with Crippen molar-refractivity contribution in [2.24, 2.45) is 46.3 Å². The summed E-state index contributed by atoms with van der Waals surface area (Å²) in [4.78, 5) is 0. The Morgan fingerprint density at radius 3 is 2.31 bits per heavy atom. The van der Waals surface area contributed by atoms with Crippen LogP contribution in [-0.2, 0) is 4.74 Å². The number of hydrogen-bond acceptors (Lipinski definition) is 3. The number of methoxy groups -OCH3 is 1. The van der Waals surface area contributed by atoms with Crippen LogP contribution in [0.3, 0.4) is 0 Å². The Morgan fingerprint density at radius 1 is 1.00 bits per heavy atom. The lowest BCUT2D eigenvalue weighted by Crippen LogP contribution is -2.60. The zero-order chi connectivity index (χ0) is 23.5. The Hall–Kier alpha value is -0.120. The molecular weight excluding hydrogens is 396 g/mol. The fourth-order valence-electron chi connectivity index (χ4n) is 9.77. The van der Waals surface area contributed by atoms with Gasteiger partial charge in [0.2, 0.25) is 0 Å². The summed E-state index contributed by atoms with van der Waals surface area (Å²) < 4.78 is 5.93. The Labute approximate surface area is 198 Å². The topological polar surface area (TPSA) is 49.7 Å². The molecule has 0 aromatic carbocycles. The molecule has 10 atom stereocenters. The van der Waals surface area contributed by atoms with Crippen molar-refractivity contribution in [2.45, 2.75) is 129 Å². The van der Waals surface area contributed by atoms with Crippen molar-refractivity contribution in [1.82, 2.24) is 0 Å². The Balaban J connectivity index is 1.52. The Bertz CT molecular complexity index is 670. The number of fused-ring (bicyclic) bond motifs is 5. The molecule has 0 unspecified atom stereocenters. The van der Waals surface area contributed by atoms with E-state index < -0.39 is 11.2 Å². The van der Waals surface area contributed by atoms with Crippen LogP contribution in [0.15, 0.2) is 0 Å². The molecule has 0 aromatic heterocycles. The summed E-state index contributed by atoms with van der Waals surface area (Å²) >= 11 is 0. The highest BCUT2D eigenvalue weighted by molar-refractivity contribution is 5.12.